The van der Waals surface area contributed by atoms with Gasteiger partial charge in [-0.3, -0.25) is 14.9 Å². The van der Waals surface area contributed by atoms with Gasteiger partial charge < -0.3 is 9.64 Å². The summed E-state index contributed by atoms with van der Waals surface area (Å²) < 4.78 is 5.17. The molecule has 0 saturated carbocycles. The Morgan fingerprint density at radius 3 is 2.73 bits per heavy atom. The van der Waals surface area contributed by atoms with Crippen molar-refractivity contribution in [2.45, 2.75) is 18.1 Å². The minimum absolute atomic E-state index is 0.0321. The number of carbonyl (C=O) groups is 2. The summed E-state index contributed by atoms with van der Waals surface area (Å²) in [6.07, 6.45) is 0.355. The molecule has 0 spiro atoms. The lowest BCUT2D eigenvalue weighted by Crippen LogP contribution is -2.24. The first kappa shape index (κ1) is 23.8. The van der Waals surface area contributed by atoms with Crippen LogP contribution in [0, 0.1) is 0 Å². The SMILES string of the molecule is COc1ccc(N2CC(c3nnc(NC(=O)CSCc4ccc(Cl)c(Cl)c4)s3)CC2=O)cc1. The zero-order valence-corrected chi connectivity index (χ0v) is 20.7. The third-order valence-electron chi connectivity index (χ3n) is 5.03. The van der Waals surface area contributed by atoms with E-state index in [-0.39, 0.29) is 23.5 Å². The summed E-state index contributed by atoms with van der Waals surface area (Å²) >= 11 is 14.7. The second kappa shape index (κ2) is 10.7. The van der Waals surface area contributed by atoms with Crippen molar-refractivity contribution in [3.05, 3.63) is 63.1 Å². The Labute approximate surface area is 209 Å². The number of hydrogen-bond acceptors (Lipinski definition) is 7. The second-order valence-electron chi connectivity index (χ2n) is 7.34. The fourth-order valence-electron chi connectivity index (χ4n) is 3.38. The molecule has 172 valence electrons. The van der Waals surface area contributed by atoms with Gasteiger partial charge in [0.25, 0.3) is 0 Å². The Kier molecular flexibility index (Phi) is 7.75. The van der Waals surface area contributed by atoms with E-state index in [4.69, 9.17) is 27.9 Å². The molecule has 2 heterocycles. The third kappa shape index (κ3) is 5.97. The molecule has 1 atom stereocenters. The predicted molar refractivity (Wildman–Crippen MR) is 134 cm³/mol. The number of thioether (sulfide) groups is 1. The van der Waals surface area contributed by atoms with Crippen molar-refractivity contribution < 1.29 is 14.3 Å². The van der Waals surface area contributed by atoms with Gasteiger partial charge in [-0.2, -0.15) is 0 Å². The number of nitrogens with zero attached hydrogens (tertiary/aromatic N) is 3. The van der Waals surface area contributed by atoms with E-state index in [1.807, 2.05) is 30.3 Å². The quantitative estimate of drug-likeness (QED) is 0.435. The molecule has 0 bridgehead atoms. The molecular weight excluding hydrogens is 503 g/mol. The van der Waals surface area contributed by atoms with E-state index < -0.39 is 0 Å². The molecule has 4 rings (SSSR count). The number of carbonyl (C=O) groups excluding carboxylic acids is 2. The van der Waals surface area contributed by atoms with Gasteiger partial charge in [0.1, 0.15) is 10.8 Å². The van der Waals surface area contributed by atoms with Crippen LogP contribution in [-0.2, 0) is 15.3 Å². The molecule has 1 aliphatic rings. The molecule has 0 aliphatic carbocycles. The fourth-order valence-corrected chi connectivity index (χ4v) is 5.33. The van der Waals surface area contributed by atoms with Gasteiger partial charge in [0, 0.05) is 30.3 Å². The van der Waals surface area contributed by atoms with Crippen molar-refractivity contribution in [3.63, 3.8) is 0 Å². The topological polar surface area (TPSA) is 84.4 Å². The van der Waals surface area contributed by atoms with Gasteiger partial charge in [-0.15, -0.1) is 22.0 Å². The van der Waals surface area contributed by atoms with Crippen LogP contribution in [0.3, 0.4) is 0 Å². The maximum Gasteiger partial charge on any atom is 0.236 e. The van der Waals surface area contributed by atoms with Crippen LogP contribution >= 0.6 is 46.3 Å². The fraction of sp³-hybridized carbons (Fsp3) is 0.273. The zero-order valence-electron chi connectivity index (χ0n) is 17.6. The van der Waals surface area contributed by atoms with Crippen molar-refractivity contribution in [1.29, 1.82) is 0 Å². The molecule has 1 aromatic heterocycles. The van der Waals surface area contributed by atoms with E-state index in [2.05, 4.69) is 15.5 Å². The lowest BCUT2D eigenvalue weighted by molar-refractivity contribution is -0.117. The third-order valence-corrected chi connectivity index (χ3v) is 7.78. The summed E-state index contributed by atoms with van der Waals surface area (Å²) in [6, 6.07) is 12.8. The molecule has 1 N–H and O–H groups in total. The van der Waals surface area contributed by atoms with Gasteiger partial charge in [-0.05, 0) is 42.0 Å². The van der Waals surface area contributed by atoms with Gasteiger partial charge in [-0.25, -0.2) is 0 Å². The maximum atomic E-state index is 12.5. The van der Waals surface area contributed by atoms with E-state index in [9.17, 15) is 9.59 Å². The number of ether oxygens (including phenoxy) is 1. The summed E-state index contributed by atoms with van der Waals surface area (Å²) in [5.74, 6) is 1.45. The molecular formula is C22H20Cl2N4O3S2. The van der Waals surface area contributed by atoms with E-state index in [1.165, 1.54) is 23.1 Å². The van der Waals surface area contributed by atoms with E-state index in [0.29, 0.717) is 33.9 Å². The molecule has 1 fully saturated rings. The summed E-state index contributed by atoms with van der Waals surface area (Å²) in [5, 5.41) is 13.2. The van der Waals surface area contributed by atoms with Crippen LogP contribution in [0.2, 0.25) is 10.0 Å². The Morgan fingerprint density at radius 2 is 2.00 bits per heavy atom. The highest BCUT2D eigenvalue weighted by atomic mass is 35.5. The van der Waals surface area contributed by atoms with Crippen molar-refractivity contribution in [2.24, 2.45) is 0 Å². The van der Waals surface area contributed by atoms with Gasteiger partial charge >= 0.3 is 0 Å². The van der Waals surface area contributed by atoms with E-state index in [0.717, 1.165) is 22.0 Å². The highest BCUT2D eigenvalue weighted by Crippen LogP contribution is 2.34. The molecule has 7 nitrogen and oxygen atoms in total. The highest BCUT2D eigenvalue weighted by molar-refractivity contribution is 7.99. The summed E-state index contributed by atoms with van der Waals surface area (Å²) in [5.41, 5.74) is 1.81. The minimum atomic E-state index is -0.162. The summed E-state index contributed by atoms with van der Waals surface area (Å²) in [7, 11) is 1.60. The molecule has 33 heavy (non-hydrogen) atoms. The average molecular weight is 523 g/mol. The molecule has 3 aromatic rings. The molecule has 11 heteroatoms. The van der Waals surface area contributed by atoms with Crippen molar-refractivity contribution in [1.82, 2.24) is 10.2 Å². The van der Waals surface area contributed by atoms with Gasteiger partial charge in [-0.1, -0.05) is 40.6 Å². The number of anilines is 2. The van der Waals surface area contributed by atoms with E-state index in [1.54, 1.807) is 24.1 Å². The summed E-state index contributed by atoms with van der Waals surface area (Å²) in [6.45, 7) is 0.521. The smallest absolute Gasteiger partial charge is 0.236 e. The van der Waals surface area contributed by atoms with Crippen LogP contribution in [0.15, 0.2) is 42.5 Å². The largest absolute Gasteiger partial charge is 0.497 e. The number of halogens is 2. The molecule has 2 aromatic carbocycles. The molecule has 2 amide bonds. The first-order valence-electron chi connectivity index (χ1n) is 10.0. The van der Waals surface area contributed by atoms with Crippen LogP contribution in [0.25, 0.3) is 0 Å². The number of rotatable bonds is 8. The first-order chi connectivity index (χ1) is 15.9. The number of hydrogen-bond donors (Lipinski definition) is 1. The predicted octanol–water partition coefficient (Wildman–Crippen LogP) is 5.25. The number of benzene rings is 2. The van der Waals surface area contributed by atoms with Crippen LogP contribution in [0.1, 0.15) is 22.9 Å². The second-order valence-corrected chi connectivity index (χ2v) is 10.1. The first-order valence-corrected chi connectivity index (χ1v) is 12.7. The van der Waals surface area contributed by atoms with Crippen LogP contribution in [0.5, 0.6) is 5.75 Å². The van der Waals surface area contributed by atoms with Gasteiger partial charge in [0.2, 0.25) is 16.9 Å². The average Bonchev–Trinajstić information content (AvgIpc) is 3.43. The van der Waals surface area contributed by atoms with Crippen molar-refractivity contribution in [3.8, 4) is 5.75 Å². The van der Waals surface area contributed by atoms with Crippen molar-refractivity contribution in [2.75, 3.05) is 29.6 Å². The molecule has 1 aliphatic heterocycles. The normalized spacial score (nSPS) is 15.7. The Morgan fingerprint density at radius 1 is 1.21 bits per heavy atom. The number of nitrogens with one attached hydrogen (secondary N) is 1. The number of aromatic nitrogens is 2. The number of methoxy groups -OCH3 is 1. The zero-order chi connectivity index (χ0) is 23.4. The highest BCUT2D eigenvalue weighted by Gasteiger charge is 2.34. The minimum Gasteiger partial charge on any atom is -0.497 e. The molecule has 1 saturated heterocycles. The maximum absolute atomic E-state index is 12.5. The van der Waals surface area contributed by atoms with Crippen LogP contribution < -0.4 is 15.0 Å². The number of amides is 2. The molecule has 1 unspecified atom stereocenters. The van der Waals surface area contributed by atoms with Gasteiger partial charge in [0.05, 0.1) is 22.9 Å². The van der Waals surface area contributed by atoms with Crippen LogP contribution in [-0.4, -0.2) is 41.4 Å². The Balaban J connectivity index is 1.28. The Hall–Kier alpha value is -2.33. The van der Waals surface area contributed by atoms with Crippen LogP contribution in [0.4, 0.5) is 10.8 Å². The summed E-state index contributed by atoms with van der Waals surface area (Å²) in [4.78, 5) is 26.6. The lowest BCUT2D eigenvalue weighted by Gasteiger charge is -2.16. The lowest BCUT2D eigenvalue weighted by atomic mass is 10.1. The molecule has 0 radical (unpaired) electrons. The Bertz CT molecular complexity index is 1160. The monoisotopic (exact) mass is 522 g/mol. The standard InChI is InChI=1S/C22H20Cl2N4O3S2/c1-31-16-5-3-15(4-6-16)28-10-14(9-20(28)30)21-26-27-22(33-21)25-19(29)12-32-11-13-2-7-17(23)18(24)8-13/h2-8,14H,9-12H2,1H3,(H,25,27,29). The van der Waals surface area contributed by atoms with E-state index >= 15 is 0 Å². The van der Waals surface area contributed by atoms with Crippen molar-refractivity contribution >= 4 is 68.9 Å². The van der Waals surface area contributed by atoms with Gasteiger partial charge in [0.15, 0.2) is 0 Å².